The molecule has 0 amide bonds. The van der Waals surface area contributed by atoms with E-state index in [4.69, 9.17) is 9.72 Å². The van der Waals surface area contributed by atoms with E-state index >= 15 is 0 Å². The highest BCUT2D eigenvalue weighted by atomic mass is 16.5. The molecular weight excluding hydrogens is 252 g/mol. The van der Waals surface area contributed by atoms with E-state index < -0.39 is 0 Å². The predicted octanol–water partition coefficient (Wildman–Crippen LogP) is 1.67. The van der Waals surface area contributed by atoms with Gasteiger partial charge in [0.1, 0.15) is 5.65 Å². The zero-order chi connectivity index (χ0) is 14.1. The summed E-state index contributed by atoms with van der Waals surface area (Å²) in [5.41, 5.74) is 2.21. The van der Waals surface area contributed by atoms with Gasteiger partial charge in [0.05, 0.1) is 24.4 Å². The van der Waals surface area contributed by atoms with Crippen molar-refractivity contribution < 1.29 is 4.74 Å². The number of hydrogen-bond acceptors (Lipinski definition) is 4. The Kier molecular flexibility index (Phi) is 3.63. The van der Waals surface area contributed by atoms with Crippen molar-refractivity contribution in [3.63, 3.8) is 0 Å². The van der Waals surface area contributed by atoms with Crippen LogP contribution in [0.15, 0.2) is 24.4 Å². The highest BCUT2D eigenvalue weighted by Gasteiger charge is 2.27. The number of morpholine rings is 1. The van der Waals surface area contributed by atoms with Crippen molar-refractivity contribution in [2.75, 3.05) is 25.1 Å². The van der Waals surface area contributed by atoms with Crippen LogP contribution in [0, 0.1) is 0 Å². The summed E-state index contributed by atoms with van der Waals surface area (Å²) in [5, 5.41) is 3.25. The van der Waals surface area contributed by atoms with Crippen molar-refractivity contribution in [1.29, 1.82) is 0 Å². The Labute approximate surface area is 119 Å². The maximum atomic E-state index is 5.72. The van der Waals surface area contributed by atoms with Gasteiger partial charge in [-0.1, -0.05) is 6.07 Å². The number of pyridine rings is 1. The van der Waals surface area contributed by atoms with E-state index in [-0.39, 0.29) is 6.10 Å². The number of rotatable bonds is 3. The van der Waals surface area contributed by atoms with Crippen molar-refractivity contribution in [3.8, 4) is 0 Å². The first-order chi connectivity index (χ1) is 9.70. The molecule has 0 aliphatic carbocycles. The number of aromatic nitrogens is 2. The minimum Gasteiger partial charge on any atom is -0.375 e. The van der Waals surface area contributed by atoms with Gasteiger partial charge in [-0.3, -0.25) is 0 Å². The number of fused-ring (bicyclic) bond motifs is 1. The van der Waals surface area contributed by atoms with E-state index in [1.165, 1.54) is 5.69 Å². The molecule has 3 heterocycles. The molecule has 3 rings (SSSR count). The van der Waals surface area contributed by atoms with Gasteiger partial charge in [-0.2, -0.15) is 0 Å². The van der Waals surface area contributed by atoms with Crippen molar-refractivity contribution in [3.05, 3.63) is 30.1 Å². The summed E-state index contributed by atoms with van der Waals surface area (Å²) in [6.45, 7) is 6.76. The van der Waals surface area contributed by atoms with Crippen molar-refractivity contribution in [1.82, 2.24) is 14.7 Å². The Morgan fingerprint density at radius 2 is 2.25 bits per heavy atom. The average Bonchev–Trinajstić information content (AvgIpc) is 2.81. The van der Waals surface area contributed by atoms with Crippen molar-refractivity contribution in [2.45, 2.75) is 32.5 Å². The molecule has 5 heteroatoms. The monoisotopic (exact) mass is 274 g/mol. The van der Waals surface area contributed by atoms with Gasteiger partial charge in [-0.15, -0.1) is 0 Å². The summed E-state index contributed by atoms with van der Waals surface area (Å²) in [6.07, 6.45) is 2.32. The third kappa shape index (κ3) is 2.27. The van der Waals surface area contributed by atoms with Crippen LogP contribution >= 0.6 is 0 Å². The Morgan fingerprint density at radius 3 is 3.05 bits per heavy atom. The number of nitrogens with one attached hydrogen (secondary N) is 1. The topological polar surface area (TPSA) is 41.8 Å². The summed E-state index contributed by atoms with van der Waals surface area (Å²) in [6, 6.07) is 6.48. The molecule has 1 saturated heterocycles. The van der Waals surface area contributed by atoms with Crippen molar-refractivity contribution >= 4 is 11.5 Å². The van der Waals surface area contributed by atoms with E-state index in [0.717, 1.165) is 31.2 Å². The minimum absolute atomic E-state index is 0.249. The SMILES string of the molecule is CNCc1c(N2CC(C)OCC2C)nc2ccccn12. The molecule has 1 fully saturated rings. The lowest BCUT2D eigenvalue weighted by Gasteiger charge is -2.37. The van der Waals surface area contributed by atoms with Gasteiger partial charge in [0, 0.05) is 19.3 Å². The smallest absolute Gasteiger partial charge is 0.152 e. The highest BCUT2D eigenvalue weighted by Crippen LogP contribution is 2.26. The third-order valence-corrected chi connectivity index (χ3v) is 3.83. The van der Waals surface area contributed by atoms with Crippen LogP contribution in [0.3, 0.4) is 0 Å². The van der Waals surface area contributed by atoms with Crippen LogP contribution in [0.5, 0.6) is 0 Å². The molecule has 20 heavy (non-hydrogen) atoms. The number of nitrogens with zero attached hydrogens (tertiary/aromatic N) is 3. The summed E-state index contributed by atoms with van der Waals surface area (Å²) in [5.74, 6) is 1.08. The Balaban J connectivity index is 2.07. The molecule has 2 unspecified atom stereocenters. The van der Waals surface area contributed by atoms with Gasteiger partial charge < -0.3 is 19.4 Å². The second-order valence-corrected chi connectivity index (χ2v) is 5.49. The fourth-order valence-corrected chi connectivity index (χ4v) is 2.79. The van der Waals surface area contributed by atoms with Crippen molar-refractivity contribution in [2.24, 2.45) is 0 Å². The fourth-order valence-electron chi connectivity index (χ4n) is 2.79. The molecule has 1 aliphatic heterocycles. The largest absolute Gasteiger partial charge is 0.375 e. The van der Waals surface area contributed by atoms with Crippen LogP contribution in [0.1, 0.15) is 19.5 Å². The number of imidazole rings is 1. The lowest BCUT2D eigenvalue weighted by molar-refractivity contribution is 0.0340. The molecular formula is C15H22N4O. The fraction of sp³-hybridized carbons (Fsp3) is 0.533. The first-order valence-corrected chi connectivity index (χ1v) is 7.19. The Hall–Kier alpha value is -1.59. The molecule has 0 aromatic carbocycles. The second kappa shape index (κ2) is 5.42. The van der Waals surface area contributed by atoms with Crippen LogP contribution < -0.4 is 10.2 Å². The van der Waals surface area contributed by atoms with E-state index in [0.29, 0.717) is 6.04 Å². The van der Waals surface area contributed by atoms with Crippen LogP contribution in [-0.4, -0.2) is 41.7 Å². The average molecular weight is 274 g/mol. The maximum Gasteiger partial charge on any atom is 0.152 e. The standard InChI is InChI=1S/C15H22N4O/c1-11-10-20-12(2)9-19(11)15-13(8-16-3)18-7-5-4-6-14(18)17-15/h4-7,11-12,16H,8-10H2,1-3H3. The van der Waals surface area contributed by atoms with Gasteiger partial charge >= 0.3 is 0 Å². The zero-order valence-corrected chi connectivity index (χ0v) is 12.3. The molecule has 2 aromatic heterocycles. The molecule has 1 aliphatic rings. The van der Waals surface area contributed by atoms with Gasteiger partial charge in [0.2, 0.25) is 0 Å². The molecule has 0 spiro atoms. The Morgan fingerprint density at radius 1 is 1.40 bits per heavy atom. The molecule has 5 nitrogen and oxygen atoms in total. The third-order valence-electron chi connectivity index (χ3n) is 3.83. The van der Waals surface area contributed by atoms with Gasteiger partial charge in [0.15, 0.2) is 5.82 Å². The number of hydrogen-bond donors (Lipinski definition) is 1. The molecule has 2 atom stereocenters. The van der Waals surface area contributed by atoms with Gasteiger partial charge in [-0.25, -0.2) is 4.98 Å². The van der Waals surface area contributed by atoms with Gasteiger partial charge in [0.25, 0.3) is 0 Å². The first kappa shape index (κ1) is 13.4. The van der Waals surface area contributed by atoms with Crippen LogP contribution in [-0.2, 0) is 11.3 Å². The van der Waals surface area contributed by atoms with Crippen LogP contribution in [0.2, 0.25) is 0 Å². The van der Waals surface area contributed by atoms with E-state index in [1.807, 2.05) is 19.2 Å². The molecule has 108 valence electrons. The van der Waals surface area contributed by atoms with E-state index in [1.54, 1.807) is 0 Å². The molecule has 0 saturated carbocycles. The Bertz CT molecular complexity index is 595. The van der Waals surface area contributed by atoms with E-state index in [2.05, 4.69) is 40.7 Å². The minimum atomic E-state index is 0.249. The predicted molar refractivity (Wildman–Crippen MR) is 80.2 cm³/mol. The van der Waals surface area contributed by atoms with Crippen LogP contribution in [0.25, 0.3) is 5.65 Å². The number of anilines is 1. The van der Waals surface area contributed by atoms with Crippen LogP contribution in [0.4, 0.5) is 5.82 Å². The summed E-state index contributed by atoms with van der Waals surface area (Å²) >= 11 is 0. The molecule has 0 radical (unpaired) electrons. The zero-order valence-electron chi connectivity index (χ0n) is 12.3. The lowest BCUT2D eigenvalue weighted by atomic mass is 10.2. The van der Waals surface area contributed by atoms with Gasteiger partial charge in [-0.05, 0) is 33.0 Å². The maximum absolute atomic E-state index is 5.72. The first-order valence-electron chi connectivity index (χ1n) is 7.19. The molecule has 1 N–H and O–H groups in total. The van der Waals surface area contributed by atoms with E-state index in [9.17, 15) is 0 Å². The quantitative estimate of drug-likeness (QED) is 0.924. The molecule has 2 aromatic rings. The lowest BCUT2D eigenvalue weighted by Crippen LogP contribution is -2.48. The number of ether oxygens (including phenoxy) is 1. The summed E-state index contributed by atoms with van der Waals surface area (Å²) in [7, 11) is 1.97. The molecule has 0 bridgehead atoms. The normalized spacial score (nSPS) is 23.4. The second-order valence-electron chi connectivity index (χ2n) is 5.49. The summed E-state index contributed by atoms with van der Waals surface area (Å²) < 4.78 is 7.89. The highest BCUT2D eigenvalue weighted by molar-refractivity contribution is 5.56. The summed E-state index contributed by atoms with van der Waals surface area (Å²) in [4.78, 5) is 7.20.